The van der Waals surface area contributed by atoms with E-state index in [1.807, 2.05) is 0 Å². The third-order valence-electron chi connectivity index (χ3n) is 3.02. The van der Waals surface area contributed by atoms with Crippen LogP contribution in [0.2, 0.25) is 0 Å². The number of aliphatic carboxylic acids is 1. The second kappa shape index (κ2) is 4.06. The first-order valence-electron chi connectivity index (χ1n) is 5.22. The third kappa shape index (κ3) is 2.21. The number of rotatable bonds is 3. The van der Waals surface area contributed by atoms with E-state index in [-0.39, 0.29) is 0 Å². The Balaban J connectivity index is 2.38. The first-order valence-corrected chi connectivity index (χ1v) is 7.99. The van der Waals surface area contributed by atoms with E-state index in [2.05, 4.69) is 4.98 Å². The van der Waals surface area contributed by atoms with E-state index in [9.17, 15) is 13.2 Å². The van der Waals surface area contributed by atoms with Crippen LogP contribution in [0, 0.1) is 0 Å². The number of carboxylic acids is 1. The van der Waals surface area contributed by atoms with Gasteiger partial charge in [0.25, 0.3) is 0 Å². The highest BCUT2D eigenvalue weighted by molar-refractivity contribution is 7.91. The quantitative estimate of drug-likeness (QED) is 0.900. The summed E-state index contributed by atoms with van der Waals surface area (Å²) in [4.78, 5) is 16.1. The van der Waals surface area contributed by atoms with Crippen molar-refractivity contribution in [3.63, 3.8) is 0 Å². The molecule has 0 saturated carbocycles. The lowest BCUT2D eigenvalue weighted by Crippen LogP contribution is -2.11. The summed E-state index contributed by atoms with van der Waals surface area (Å²) in [6.07, 6.45) is 2.41. The summed E-state index contributed by atoms with van der Waals surface area (Å²) in [6, 6.07) is 0. The van der Waals surface area contributed by atoms with Crippen molar-refractivity contribution in [1.29, 1.82) is 0 Å². The fourth-order valence-corrected chi connectivity index (χ4v) is 4.01. The molecule has 0 radical (unpaired) electrons. The number of fused-ring (bicyclic) bond motifs is 1. The predicted molar refractivity (Wildman–Crippen MR) is 64.1 cm³/mol. The Morgan fingerprint density at radius 2 is 2.24 bits per heavy atom. The first kappa shape index (κ1) is 12.5. The van der Waals surface area contributed by atoms with Crippen molar-refractivity contribution in [2.24, 2.45) is 0 Å². The summed E-state index contributed by atoms with van der Waals surface area (Å²) < 4.78 is 22.8. The molecule has 2 atom stereocenters. The maximum Gasteiger partial charge on any atom is 0.312 e. The summed E-state index contributed by atoms with van der Waals surface area (Å²) in [5.41, 5.74) is 0.563. The van der Waals surface area contributed by atoms with Crippen LogP contribution in [0.4, 0.5) is 0 Å². The Hall–Kier alpha value is -0.950. The standard InChI is InChI=1S/C10H13NO4S2/c1-5(17(2,14)15)9-11-8-6(10(12)13)3-4-7(8)16-9/h5-6H,3-4H2,1-2H3,(H,12,13). The van der Waals surface area contributed by atoms with Gasteiger partial charge in [-0.05, 0) is 19.8 Å². The van der Waals surface area contributed by atoms with Crippen molar-refractivity contribution in [3.05, 3.63) is 15.6 Å². The van der Waals surface area contributed by atoms with E-state index in [1.54, 1.807) is 6.92 Å². The van der Waals surface area contributed by atoms with E-state index in [0.29, 0.717) is 23.5 Å². The molecule has 1 N–H and O–H groups in total. The van der Waals surface area contributed by atoms with Gasteiger partial charge in [-0.1, -0.05) is 0 Å². The number of carbonyl (C=O) groups is 1. The van der Waals surface area contributed by atoms with Gasteiger partial charge in [-0.15, -0.1) is 11.3 Å². The van der Waals surface area contributed by atoms with Crippen molar-refractivity contribution >= 4 is 27.1 Å². The van der Waals surface area contributed by atoms with E-state index in [1.165, 1.54) is 17.6 Å². The molecule has 1 aliphatic carbocycles. The zero-order valence-electron chi connectivity index (χ0n) is 9.50. The van der Waals surface area contributed by atoms with Gasteiger partial charge in [0.15, 0.2) is 9.84 Å². The molecule has 0 saturated heterocycles. The Kier molecular flexibility index (Phi) is 2.99. The van der Waals surface area contributed by atoms with Gasteiger partial charge >= 0.3 is 5.97 Å². The Labute approximate surface area is 103 Å². The molecule has 17 heavy (non-hydrogen) atoms. The number of carboxylic acid groups (broad SMARTS) is 1. The molecule has 0 spiro atoms. The fraction of sp³-hybridized carbons (Fsp3) is 0.600. The first-order chi connectivity index (χ1) is 7.80. The topological polar surface area (TPSA) is 84.3 Å². The molecule has 0 fully saturated rings. The highest BCUT2D eigenvalue weighted by atomic mass is 32.2. The van der Waals surface area contributed by atoms with Crippen molar-refractivity contribution in [3.8, 4) is 0 Å². The number of aryl methyl sites for hydroxylation is 1. The van der Waals surface area contributed by atoms with Gasteiger partial charge in [-0.3, -0.25) is 4.79 Å². The van der Waals surface area contributed by atoms with Crippen LogP contribution in [-0.2, 0) is 21.1 Å². The highest BCUT2D eigenvalue weighted by Crippen LogP contribution is 2.39. The largest absolute Gasteiger partial charge is 0.481 e. The van der Waals surface area contributed by atoms with Crippen LogP contribution < -0.4 is 0 Å². The summed E-state index contributed by atoms with van der Waals surface area (Å²) >= 11 is 1.32. The van der Waals surface area contributed by atoms with Gasteiger partial charge in [0.05, 0.1) is 5.69 Å². The summed E-state index contributed by atoms with van der Waals surface area (Å²) in [5.74, 6) is -1.45. The zero-order chi connectivity index (χ0) is 12.8. The van der Waals surface area contributed by atoms with Crippen molar-refractivity contribution in [1.82, 2.24) is 4.98 Å². The number of sulfone groups is 1. The van der Waals surface area contributed by atoms with Crippen molar-refractivity contribution in [2.75, 3.05) is 6.26 Å². The zero-order valence-corrected chi connectivity index (χ0v) is 11.1. The van der Waals surface area contributed by atoms with Gasteiger partial charge in [-0.2, -0.15) is 0 Å². The molecule has 2 rings (SSSR count). The minimum absolute atomic E-state index is 0.503. The molecule has 0 bridgehead atoms. The number of thiazole rings is 1. The van der Waals surface area contributed by atoms with Crippen LogP contribution in [0.1, 0.15) is 40.1 Å². The van der Waals surface area contributed by atoms with Gasteiger partial charge in [0.2, 0.25) is 0 Å². The normalized spacial score (nSPS) is 21.2. The smallest absolute Gasteiger partial charge is 0.312 e. The maximum absolute atomic E-state index is 11.4. The van der Waals surface area contributed by atoms with E-state index in [4.69, 9.17) is 5.11 Å². The average molecular weight is 275 g/mol. The molecule has 94 valence electrons. The molecule has 0 aromatic carbocycles. The van der Waals surface area contributed by atoms with E-state index < -0.39 is 27.0 Å². The second-order valence-electron chi connectivity index (χ2n) is 4.26. The lowest BCUT2D eigenvalue weighted by molar-refractivity contribution is -0.138. The van der Waals surface area contributed by atoms with Gasteiger partial charge in [0, 0.05) is 11.1 Å². The lowest BCUT2D eigenvalue weighted by Gasteiger charge is -2.06. The summed E-state index contributed by atoms with van der Waals surface area (Å²) in [7, 11) is -3.18. The van der Waals surface area contributed by atoms with Crippen LogP contribution in [0.5, 0.6) is 0 Å². The number of aromatic nitrogens is 1. The fourth-order valence-electron chi connectivity index (χ4n) is 1.84. The van der Waals surface area contributed by atoms with Crippen LogP contribution in [-0.4, -0.2) is 30.7 Å². The average Bonchev–Trinajstić information content (AvgIpc) is 2.71. The molecule has 2 unspecified atom stereocenters. The SMILES string of the molecule is CC(c1nc2c(s1)CCC2C(=O)O)S(C)(=O)=O. The van der Waals surface area contributed by atoms with E-state index in [0.717, 1.165) is 4.88 Å². The molecular formula is C10H13NO4S2. The molecule has 1 heterocycles. The molecule has 1 aliphatic rings. The summed E-state index contributed by atoms with van der Waals surface area (Å²) in [5, 5.41) is 8.86. The minimum Gasteiger partial charge on any atom is -0.481 e. The van der Waals surface area contributed by atoms with E-state index >= 15 is 0 Å². The van der Waals surface area contributed by atoms with Crippen LogP contribution in [0.3, 0.4) is 0 Å². The van der Waals surface area contributed by atoms with Crippen LogP contribution in [0.15, 0.2) is 0 Å². The monoisotopic (exact) mass is 275 g/mol. The number of hydrogen-bond acceptors (Lipinski definition) is 5. The summed E-state index contributed by atoms with van der Waals surface area (Å²) in [6.45, 7) is 1.58. The molecule has 1 aromatic heterocycles. The van der Waals surface area contributed by atoms with Gasteiger partial charge in [0.1, 0.15) is 16.2 Å². The Bertz CT molecular complexity index is 561. The number of hydrogen-bond donors (Lipinski definition) is 1. The second-order valence-corrected chi connectivity index (χ2v) is 7.74. The third-order valence-corrected chi connectivity index (χ3v) is 5.99. The van der Waals surface area contributed by atoms with Gasteiger partial charge < -0.3 is 5.11 Å². The highest BCUT2D eigenvalue weighted by Gasteiger charge is 2.34. The molecule has 0 aliphatic heterocycles. The minimum atomic E-state index is -3.18. The Morgan fingerprint density at radius 1 is 1.59 bits per heavy atom. The molecule has 1 aromatic rings. The van der Waals surface area contributed by atoms with Crippen LogP contribution >= 0.6 is 11.3 Å². The van der Waals surface area contributed by atoms with Crippen molar-refractivity contribution in [2.45, 2.75) is 30.9 Å². The number of nitrogens with zero attached hydrogens (tertiary/aromatic N) is 1. The van der Waals surface area contributed by atoms with Gasteiger partial charge in [-0.25, -0.2) is 13.4 Å². The molecule has 0 amide bonds. The molecular weight excluding hydrogens is 262 g/mol. The maximum atomic E-state index is 11.4. The molecule has 5 nitrogen and oxygen atoms in total. The van der Waals surface area contributed by atoms with Crippen molar-refractivity contribution < 1.29 is 18.3 Å². The predicted octanol–water partition coefficient (Wildman–Crippen LogP) is 1.36. The lowest BCUT2D eigenvalue weighted by atomic mass is 10.1. The van der Waals surface area contributed by atoms with Crippen LogP contribution in [0.25, 0.3) is 0 Å². The Morgan fingerprint density at radius 3 is 2.76 bits per heavy atom. The molecule has 7 heteroatoms.